The number of nitrogens with one attached hydrogen (secondary N) is 1. The first kappa shape index (κ1) is 26.6. The van der Waals surface area contributed by atoms with E-state index in [9.17, 15) is 14.4 Å². The Hall–Kier alpha value is -2.49. The van der Waals surface area contributed by atoms with E-state index in [4.69, 9.17) is 9.47 Å². The van der Waals surface area contributed by atoms with Gasteiger partial charge in [-0.15, -0.1) is 0 Å². The van der Waals surface area contributed by atoms with Crippen LogP contribution in [-0.2, 0) is 19.1 Å². The fourth-order valence-corrected chi connectivity index (χ4v) is 5.45. The van der Waals surface area contributed by atoms with E-state index in [-0.39, 0.29) is 42.3 Å². The molecule has 1 aromatic rings. The number of methoxy groups -OCH3 is 1. The molecule has 9 nitrogen and oxygen atoms in total. The maximum atomic E-state index is 13.7. The van der Waals surface area contributed by atoms with Gasteiger partial charge in [-0.05, 0) is 42.6 Å². The number of likely N-dealkylation sites (tertiary alicyclic amines) is 1. The number of piperazine rings is 1. The molecule has 0 bridgehead atoms. The molecule has 4 atom stereocenters. The number of Topliss-reactive ketones (excluding diaryl/α,β-unsaturated/α-hetero) is 1. The minimum Gasteiger partial charge on any atom is -0.377 e. The summed E-state index contributed by atoms with van der Waals surface area (Å²) in [5, 5.41) is 2.96. The van der Waals surface area contributed by atoms with Crippen LogP contribution >= 0.6 is 0 Å². The molecule has 1 aromatic carbocycles. The molecule has 3 fully saturated rings. The van der Waals surface area contributed by atoms with E-state index in [0.29, 0.717) is 12.0 Å². The molecule has 0 saturated carbocycles. The van der Waals surface area contributed by atoms with Gasteiger partial charge in [0, 0.05) is 44.5 Å². The van der Waals surface area contributed by atoms with Crippen molar-refractivity contribution in [2.24, 2.45) is 5.41 Å². The third kappa shape index (κ3) is 5.74. The number of hydrogen-bond acceptors (Lipinski definition) is 7. The molecule has 2 amide bonds. The highest BCUT2D eigenvalue weighted by Crippen LogP contribution is 2.31. The van der Waals surface area contributed by atoms with Gasteiger partial charge in [0.1, 0.15) is 30.9 Å². The van der Waals surface area contributed by atoms with Crippen molar-refractivity contribution in [1.82, 2.24) is 15.1 Å². The van der Waals surface area contributed by atoms with Crippen LogP contribution in [0.5, 0.6) is 0 Å². The molecule has 3 saturated heterocycles. The average Bonchev–Trinajstić information content (AvgIpc) is 3.43. The minimum absolute atomic E-state index is 0.0187. The lowest BCUT2D eigenvalue weighted by Gasteiger charge is -2.35. The molecular weight excluding hydrogens is 460 g/mol. The third-order valence-electron chi connectivity index (χ3n) is 7.46. The number of carbonyl (C=O) groups excluding carboxylic acids is 3. The molecule has 3 heterocycles. The standard InChI is InChI=1S/C27H40N4O5/c1-6-29-11-13-30(14-12-29)19-9-7-18(8-10-19)25(33)28-20(15-27(2,3)4)26(34)31-16-22(35-5)24-23(31)21(32)17-36-24/h7-10,20,22-24H,6,11-17H2,1-5H3,(H,28,33)/t20-,22+,23+,24+/m0/s1. The Morgan fingerprint density at radius 2 is 1.81 bits per heavy atom. The monoisotopic (exact) mass is 500 g/mol. The first-order valence-electron chi connectivity index (χ1n) is 13.0. The van der Waals surface area contributed by atoms with Gasteiger partial charge in [-0.25, -0.2) is 0 Å². The second-order valence-corrected chi connectivity index (χ2v) is 11.2. The summed E-state index contributed by atoms with van der Waals surface area (Å²) in [7, 11) is 1.56. The van der Waals surface area contributed by atoms with Gasteiger partial charge in [0.25, 0.3) is 5.91 Å². The van der Waals surface area contributed by atoms with Crippen molar-refractivity contribution in [1.29, 1.82) is 0 Å². The number of ketones is 1. The Bertz CT molecular complexity index is 952. The number of amides is 2. The van der Waals surface area contributed by atoms with Crippen molar-refractivity contribution in [3.05, 3.63) is 29.8 Å². The fraction of sp³-hybridized carbons (Fsp3) is 0.667. The van der Waals surface area contributed by atoms with Crippen LogP contribution in [0.3, 0.4) is 0 Å². The van der Waals surface area contributed by atoms with Crippen LogP contribution < -0.4 is 10.2 Å². The van der Waals surface area contributed by atoms with Gasteiger partial charge in [0.2, 0.25) is 5.91 Å². The second-order valence-electron chi connectivity index (χ2n) is 11.2. The highest BCUT2D eigenvalue weighted by molar-refractivity contribution is 5.99. The molecule has 1 N–H and O–H groups in total. The number of fused-ring (bicyclic) bond motifs is 1. The summed E-state index contributed by atoms with van der Waals surface area (Å²) in [4.78, 5) is 45.7. The van der Waals surface area contributed by atoms with Gasteiger partial charge in [0.05, 0.1) is 6.54 Å². The quantitative estimate of drug-likeness (QED) is 0.608. The molecule has 3 aliphatic rings. The number of carbonyl (C=O) groups is 3. The van der Waals surface area contributed by atoms with Crippen LogP contribution in [0, 0.1) is 5.41 Å². The van der Waals surface area contributed by atoms with Crippen LogP contribution in [0.15, 0.2) is 24.3 Å². The van der Waals surface area contributed by atoms with Crippen molar-refractivity contribution in [2.75, 3.05) is 57.9 Å². The molecule has 4 rings (SSSR count). The second kappa shape index (κ2) is 10.9. The molecule has 0 spiro atoms. The Balaban J connectivity index is 1.46. The van der Waals surface area contributed by atoms with Gasteiger partial charge in [-0.2, -0.15) is 0 Å². The van der Waals surface area contributed by atoms with E-state index in [1.165, 1.54) is 0 Å². The van der Waals surface area contributed by atoms with Crippen LogP contribution in [0.1, 0.15) is 44.5 Å². The number of benzene rings is 1. The molecule has 198 valence electrons. The molecule has 36 heavy (non-hydrogen) atoms. The highest BCUT2D eigenvalue weighted by Gasteiger charge is 2.53. The summed E-state index contributed by atoms with van der Waals surface area (Å²) in [5.41, 5.74) is 1.39. The summed E-state index contributed by atoms with van der Waals surface area (Å²) < 4.78 is 11.1. The number of likely N-dealkylation sites (N-methyl/N-ethyl adjacent to an activating group) is 1. The Labute approximate surface area is 214 Å². The first-order chi connectivity index (χ1) is 17.1. The normalized spacial score (nSPS) is 25.7. The number of hydrogen-bond donors (Lipinski definition) is 1. The van der Waals surface area contributed by atoms with Crippen molar-refractivity contribution in [2.45, 2.75) is 58.4 Å². The predicted octanol–water partition coefficient (Wildman–Crippen LogP) is 1.56. The van der Waals surface area contributed by atoms with Crippen molar-refractivity contribution in [3.8, 4) is 0 Å². The van der Waals surface area contributed by atoms with E-state index in [2.05, 4.69) is 22.0 Å². The van der Waals surface area contributed by atoms with Gasteiger partial charge in [-0.1, -0.05) is 27.7 Å². The summed E-state index contributed by atoms with van der Waals surface area (Å²) in [5.74, 6) is -0.686. The molecule has 0 unspecified atom stereocenters. The predicted molar refractivity (Wildman–Crippen MR) is 137 cm³/mol. The van der Waals surface area contributed by atoms with Crippen LogP contribution in [0.25, 0.3) is 0 Å². The Kier molecular flexibility index (Phi) is 8.02. The smallest absolute Gasteiger partial charge is 0.251 e. The molecular formula is C27H40N4O5. The lowest BCUT2D eigenvalue weighted by molar-refractivity contribution is -0.138. The van der Waals surface area contributed by atoms with E-state index in [1.54, 1.807) is 12.0 Å². The summed E-state index contributed by atoms with van der Waals surface area (Å²) in [6, 6.07) is 6.16. The maximum absolute atomic E-state index is 13.7. The summed E-state index contributed by atoms with van der Waals surface area (Å²) in [6.45, 7) is 13.6. The molecule has 0 radical (unpaired) electrons. The zero-order chi connectivity index (χ0) is 26.0. The van der Waals surface area contributed by atoms with Crippen molar-refractivity contribution in [3.63, 3.8) is 0 Å². The van der Waals surface area contributed by atoms with E-state index in [0.717, 1.165) is 38.4 Å². The first-order valence-corrected chi connectivity index (χ1v) is 13.0. The molecule has 3 aliphatic heterocycles. The van der Waals surface area contributed by atoms with Crippen molar-refractivity contribution < 1.29 is 23.9 Å². The Morgan fingerprint density at radius 1 is 1.14 bits per heavy atom. The van der Waals surface area contributed by atoms with Crippen molar-refractivity contribution >= 4 is 23.3 Å². The maximum Gasteiger partial charge on any atom is 0.251 e. The SMILES string of the molecule is CCN1CCN(c2ccc(C(=O)N[C@@H](CC(C)(C)C)C(=O)N3C[C@@H](OC)[C@H]4OCC(=O)[C@H]43)cc2)CC1. The third-order valence-corrected chi connectivity index (χ3v) is 7.46. The lowest BCUT2D eigenvalue weighted by Crippen LogP contribution is -2.53. The highest BCUT2D eigenvalue weighted by atomic mass is 16.5. The van der Waals surface area contributed by atoms with E-state index >= 15 is 0 Å². The van der Waals surface area contributed by atoms with Gasteiger partial charge < -0.3 is 29.5 Å². The lowest BCUT2D eigenvalue weighted by atomic mass is 9.87. The van der Waals surface area contributed by atoms with Gasteiger partial charge in [-0.3, -0.25) is 14.4 Å². The molecule has 0 aromatic heterocycles. The van der Waals surface area contributed by atoms with Crippen LogP contribution in [-0.4, -0.2) is 105 Å². The average molecular weight is 501 g/mol. The molecule has 0 aliphatic carbocycles. The van der Waals surface area contributed by atoms with E-state index < -0.39 is 18.2 Å². The number of nitrogens with zero attached hydrogens (tertiary/aromatic N) is 3. The number of rotatable bonds is 7. The minimum atomic E-state index is -0.760. The van der Waals surface area contributed by atoms with Crippen LogP contribution in [0.4, 0.5) is 5.69 Å². The number of anilines is 1. The van der Waals surface area contributed by atoms with Gasteiger partial charge in [0.15, 0.2) is 5.78 Å². The van der Waals surface area contributed by atoms with Gasteiger partial charge >= 0.3 is 0 Å². The van der Waals surface area contributed by atoms with Crippen LogP contribution in [0.2, 0.25) is 0 Å². The Morgan fingerprint density at radius 3 is 2.39 bits per heavy atom. The van der Waals surface area contributed by atoms with E-state index in [1.807, 2.05) is 45.0 Å². The molecule has 9 heteroatoms. The fourth-order valence-electron chi connectivity index (χ4n) is 5.45. The number of ether oxygens (including phenoxy) is 2. The zero-order valence-corrected chi connectivity index (χ0v) is 22.2. The summed E-state index contributed by atoms with van der Waals surface area (Å²) in [6.07, 6.45) is -0.370. The zero-order valence-electron chi connectivity index (χ0n) is 22.2. The summed E-state index contributed by atoms with van der Waals surface area (Å²) >= 11 is 0. The largest absolute Gasteiger partial charge is 0.377 e. The topological polar surface area (TPSA) is 91.4 Å².